The maximum absolute atomic E-state index is 2.21. The summed E-state index contributed by atoms with van der Waals surface area (Å²) >= 11 is 1.74. The van der Waals surface area contributed by atoms with Gasteiger partial charge in [-0.1, -0.05) is 36.4 Å². The molecule has 0 aromatic heterocycles. The van der Waals surface area contributed by atoms with Crippen molar-refractivity contribution in [3.05, 3.63) is 60.7 Å². The van der Waals surface area contributed by atoms with Gasteiger partial charge in [-0.15, -0.1) is 0 Å². The number of nitrogens with zero attached hydrogens (tertiary/aromatic N) is 2. The predicted octanol–water partition coefficient (Wildman–Crippen LogP) is 3.82. The van der Waals surface area contributed by atoms with Crippen LogP contribution < -0.4 is 4.90 Å². The molecule has 0 fully saturated rings. The van der Waals surface area contributed by atoms with Gasteiger partial charge in [0.1, 0.15) is 11.4 Å². The van der Waals surface area contributed by atoms with E-state index in [0.717, 1.165) is 0 Å². The zero-order chi connectivity index (χ0) is 13.7. The molecular weight excluding hydrogens is 252 g/mol. The summed E-state index contributed by atoms with van der Waals surface area (Å²) in [7, 11) is 4.20. The highest BCUT2D eigenvalue weighted by atomic mass is 32.2. The van der Waals surface area contributed by atoms with Gasteiger partial charge >= 0.3 is 5.17 Å². The summed E-state index contributed by atoms with van der Waals surface area (Å²) in [5.41, 5.74) is 2.38. The Hall–Kier alpha value is -1.74. The Morgan fingerprint density at radius 1 is 0.947 bits per heavy atom. The molecule has 0 saturated heterocycles. The van der Waals surface area contributed by atoms with Gasteiger partial charge in [-0.3, -0.25) is 0 Å². The molecule has 3 heteroatoms. The summed E-state index contributed by atoms with van der Waals surface area (Å²) in [6, 6.07) is 20.8. The van der Waals surface area contributed by atoms with E-state index in [-0.39, 0.29) is 0 Å². The van der Waals surface area contributed by atoms with Crippen LogP contribution in [0.15, 0.2) is 60.7 Å². The van der Waals surface area contributed by atoms with E-state index in [1.54, 1.807) is 11.8 Å². The summed E-state index contributed by atoms with van der Waals surface area (Å²) in [6.45, 7) is 0. The molecule has 0 N–H and O–H groups in total. The van der Waals surface area contributed by atoms with Crippen molar-refractivity contribution in [2.75, 3.05) is 25.3 Å². The number of rotatable bonds is 2. The molecule has 0 heterocycles. The summed E-state index contributed by atoms with van der Waals surface area (Å²) in [6.07, 6.45) is 2.11. The van der Waals surface area contributed by atoms with E-state index in [0.29, 0.717) is 0 Å². The van der Waals surface area contributed by atoms with Gasteiger partial charge < -0.3 is 0 Å². The average Bonchev–Trinajstić information content (AvgIpc) is 2.49. The van der Waals surface area contributed by atoms with Crippen molar-refractivity contribution >= 4 is 28.3 Å². The third kappa shape index (κ3) is 3.18. The molecule has 2 aromatic carbocycles. The SMILES string of the molecule is CSC(N(C)c1ccccc1)=[N+](C)c1ccccc1. The van der Waals surface area contributed by atoms with Crippen molar-refractivity contribution in [2.24, 2.45) is 0 Å². The number of hydrogen-bond donors (Lipinski definition) is 0. The molecule has 2 rings (SSSR count). The molecule has 19 heavy (non-hydrogen) atoms. The van der Waals surface area contributed by atoms with Crippen molar-refractivity contribution in [1.82, 2.24) is 0 Å². The molecular formula is C16H19N2S+. The molecule has 0 spiro atoms. The maximum Gasteiger partial charge on any atom is 0.317 e. The maximum atomic E-state index is 2.21. The third-order valence-electron chi connectivity index (χ3n) is 3.04. The van der Waals surface area contributed by atoms with Crippen LogP contribution in [0, 0.1) is 0 Å². The van der Waals surface area contributed by atoms with Crippen LogP contribution in [-0.4, -0.2) is 30.1 Å². The number of para-hydroxylation sites is 2. The minimum absolute atomic E-state index is 1.19. The molecule has 0 aliphatic rings. The molecule has 0 amide bonds. The van der Waals surface area contributed by atoms with Gasteiger partial charge in [0.2, 0.25) is 0 Å². The number of thioether (sulfide) groups is 1. The Balaban J connectivity index is 2.39. The smallest absolute Gasteiger partial charge is 0.224 e. The first kappa shape index (κ1) is 13.7. The van der Waals surface area contributed by atoms with Crippen molar-refractivity contribution in [2.45, 2.75) is 0 Å². The fourth-order valence-electron chi connectivity index (χ4n) is 2.02. The molecule has 2 aromatic rings. The fraction of sp³-hybridized carbons (Fsp3) is 0.188. The summed E-state index contributed by atoms with van der Waals surface area (Å²) in [5, 5.41) is 1.19. The Kier molecular flexibility index (Phi) is 4.63. The van der Waals surface area contributed by atoms with Gasteiger partial charge in [0.25, 0.3) is 0 Å². The van der Waals surface area contributed by atoms with Crippen LogP contribution in [-0.2, 0) is 0 Å². The summed E-state index contributed by atoms with van der Waals surface area (Å²) in [4.78, 5) is 2.21. The van der Waals surface area contributed by atoms with Crippen molar-refractivity contribution in [3.63, 3.8) is 0 Å². The number of amidine groups is 1. The highest BCUT2D eigenvalue weighted by Crippen LogP contribution is 2.19. The fourth-order valence-corrected chi connectivity index (χ4v) is 2.78. The molecule has 2 nitrogen and oxygen atoms in total. The molecule has 0 unspecified atom stereocenters. The zero-order valence-electron chi connectivity index (χ0n) is 11.6. The Morgan fingerprint density at radius 2 is 1.47 bits per heavy atom. The van der Waals surface area contributed by atoms with E-state index in [1.165, 1.54) is 16.5 Å². The number of benzene rings is 2. The molecule has 0 radical (unpaired) electrons. The molecule has 0 aliphatic carbocycles. The minimum atomic E-state index is 1.19. The van der Waals surface area contributed by atoms with Crippen LogP contribution in [0.3, 0.4) is 0 Å². The zero-order valence-corrected chi connectivity index (χ0v) is 12.4. The van der Waals surface area contributed by atoms with Gasteiger partial charge in [-0.05, 0) is 42.3 Å². The minimum Gasteiger partial charge on any atom is -0.224 e. The van der Waals surface area contributed by atoms with Gasteiger partial charge in [0.05, 0.1) is 14.1 Å². The van der Waals surface area contributed by atoms with Crippen LogP contribution in [0.1, 0.15) is 0 Å². The lowest BCUT2D eigenvalue weighted by Gasteiger charge is -2.15. The van der Waals surface area contributed by atoms with Gasteiger partial charge in [-0.25, -0.2) is 9.48 Å². The normalized spacial score (nSPS) is 11.9. The van der Waals surface area contributed by atoms with E-state index in [4.69, 9.17) is 0 Å². The highest BCUT2D eigenvalue weighted by Gasteiger charge is 2.19. The van der Waals surface area contributed by atoms with Crippen molar-refractivity contribution in [1.29, 1.82) is 0 Å². The first-order valence-corrected chi connectivity index (χ1v) is 7.45. The van der Waals surface area contributed by atoms with Crippen LogP contribution in [0.4, 0.5) is 11.4 Å². The van der Waals surface area contributed by atoms with Gasteiger partial charge in [-0.2, -0.15) is 0 Å². The first-order valence-electron chi connectivity index (χ1n) is 6.22. The van der Waals surface area contributed by atoms with Gasteiger partial charge in [0, 0.05) is 0 Å². The van der Waals surface area contributed by atoms with E-state index >= 15 is 0 Å². The lowest BCUT2D eigenvalue weighted by atomic mass is 10.3. The lowest BCUT2D eigenvalue weighted by Crippen LogP contribution is -2.29. The largest absolute Gasteiger partial charge is 0.317 e. The van der Waals surface area contributed by atoms with E-state index in [1.807, 2.05) is 12.1 Å². The van der Waals surface area contributed by atoms with Crippen LogP contribution in [0.2, 0.25) is 0 Å². The van der Waals surface area contributed by atoms with Crippen LogP contribution >= 0.6 is 11.8 Å². The standard InChI is InChI=1S/C16H19N2S/c1-17(14-10-6-4-7-11-14)16(19-3)18(2)15-12-8-5-9-13-15/h4-13H,1-3H3/q+1. The van der Waals surface area contributed by atoms with Crippen molar-refractivity contribution in [3.8, 4) is 0 Å². The monoisotopic (exact) mass is 271 g/mol. The number of hydrogen-bond acceptors (Lipinski definition) is 1. The van der Waals surface area contributed by atoms with Crippen LogP contribution in [0.25, 0.3) is 0 Å². The summed E-state index contributed by atoms with van der Waals surface area (Å²) < 4.78 is 2.21. The van der Waals surface area contributed by atoms with E-state index in [2.05, 4.69) is 78.4 Å². The molecule has 0 aliphatic heterocycles. The van der Waals surface area contributed by atoms with E-state index in [9.17, 15) is 0 Å². The Labute approximate surface area is 119 Å². The number of anilines is 1. The van der Waals surface area contributed by atoms with E-state index < -0.39 is 0 Å². The van der Waals surface area contributed by atoms with Crippen molar-refractivity contribution < 1.29 is 4.58 Å². The quantitative estimate of drug-likeness (QED) is 0.465. The second kappa shape index (κ2) is 6.43. The second-order valence-corrected chi connectivity index (χ2v) is 5.05. The summed E-state index contributed by atoms with van der Waals surface area (Å²) in [5.74, 6) is 0. The molecule has 0 atom stereocenters. The van der Waals surface area contributed by atoms with Gasteiger partial charge in [0.15, 0.2) is 0 Å². The molecule has 0 saturated carbocycles. The predicted molar refractivity (Wildman–Crippen MR) is 85.7 cm³/mol. The third-order valence-corrected chi connectivity index (χ3v) is 3.96. The Morgan fingerprint density at radius 3 is 2.00 bits per heavy atom. The molecule has 98 valence electrons. The Bertz CT molecular complexity index is 549. The first-order chi connectivity index (χ1) is 9.24. The second-order valence-electron chi connectivity index (χ2n) is 4.28. The highest BCUT2D eigenvalue weighted by molar-refractivity contribution is 8.13. The topological polar surface area (TPSA) is 6.25 Å². The lowest BCUT2D eigenvalue weighted by molar-refractivity contribution is -0.402. The van der Waals surface area contributed by atoms with Crippen LogP contribution in [0.5, 0.6) is 0 Å². The average molecular weight is 271 g/mol. The molecule has 0 bridgehead atoms.